The van der Waals surface area contributed by atoms with Crippen LogP contribution < -0.4 is 5.32 Å². The second kappa shape index (κ2) is 3.76. The molecule has 1 aromatic carbocycles. The zero-order chi connectivity index (χ0) is 11.9. The second-order valence-corrected chi connectivity index (χ2v) is 5.16. The Kier molecular flexibility index (Phi) is 2.35. The first kappa shape index (κ1) is 10.6. The van der Waals surface area contributed by atoms with Crippen LogP contribution in [0.25, 0.3) is 0 Å². The molecule has 1 aliphatic heterocycles. The molecule has 2 aliphatic rings. The van der Waals surface area contributed by atoms with E-state index in [9.17, 15) is 4.79 Å². The quantitative estimate of drug-likeness (QED) is 0.827. The van der Waals surface area contributed by atoms with Gasteiger partial charge in [0, 0.05) is 13.1 Å². The standard InChI is InChI=1S/C14H18N2O/c1-2-7-16-13(17)15-10-14(16)8-11-5-3-4-6-12(11)9-14/h3-6H,2,7-10H2,1H3,(H,15,17). The van der Waals surface area contributed by atoms with Crippen LogP contribution in [0, 0.1) is 0 Å². The molecule has 1 spiro atoms. The van der Waals surface area contributed by atoms with Gasteiger partial charge in [-0.3, -0.25) is 0 Å². The Morgan fingerprint density at radius 3 is 2.53 bits per heavy atom. The third-order valence-corrected chi connectivity index (χ3v) is 3.99. The highest BCUT2D eigenvalue weighted by atomic mass is 16.2. The van der Waals surface area contributed by atoms with Crippen molar-refractivity contribution in [2.75, 3.05) is 13.1 Å². The topological polar surface area (TPSA) is 32.3 Å². The summed E-state index contributed by atoms with van der Waals surface area (Å²) in [6.45, 7) is 3.78. The first-order valence-electron chi connectivity index (χ1n) is 6.37. The lowest BCUT2D eigenvalue weighted by molar-refractivity contribution is 0.161. The molecule has 0 saturated carbocycles. The number of carbonyl (C=O) groups is 1. The van der Waals surface area contributed by atoms with Crippen molar-refractivity contribution in [1.82, 2.24) is 10.2 Å². The van der Waals surface area contributed by atoms with Gasteiger partial charge in [0.05, 0.1) is 5.54 Å². The van der Waals surface area contributed by atoms with E-state index in [2.05, 4.69) is 36.5 Å². The minimum Gasteiger partial charge on any atom is -0.336 e. The van der Waals surface area contributed by atoms with Crippen molar-refractivity contribution in [3.05, 3.63) is 35.4 Å². The number of amides is 2. The van der Waals surface area contributed by atoms with Crippen molar-refractivity contribution in [2.24, 2.45) is 0 Å². The fourth-order valence-corrected chi connectivity index (χ4v) is 3.20. The molecule has 1 N–H and O–H groups in total. The number of nitrogens with zero attached hydrogens (tertiary/aromatic N) is 1. The van der Waals surface area contributed by atoms with Crippen LogP contribution in [-0.2, 0) is 12.8 Å². The van der Waals surface area contributed by atoms with E-state index in [0.29, 0.717) is 0 Å². The van der Waals surface area contributed by atoms with E-state index in [4.69, 9.17) is 0 Å². The molecule has 0 bridgehead atoms. The predicted octanol–water partition coefficient (Wildman–Crippen LogP) is 1.96. The summed E-state index contributed by atoms with van der Waals surface area (Å²) in [5.74, 6) is 0. The average molecular weight is 230 g/mol. The highest BCUT2D eigenvalue weighted by molar-refractivity contribution is 5.78. The lowest BCUT2D eigenvalue weighted by Gasteiger charge is -2.33. The summed E-state index contributed by atoms with van der Waals surface area (Å²) in [5.41, 5.74) is 2.83. The summed E-state index contributed by atoms with van der Waals surface area (Å²) < 4.78 is 0. The first-order chi connectivity index (χ1) is 8.25. The fraction of sp³-hybridized carbons (Fsp3) is 0.500. The van der Waals surface area contributed by atoms with Gasteiger partial charge in [0.2, 0.25) is 0 Å². The summed E-state index contributed by atoms with van der Waals surface area (Å²) in [5, 5.41) is 3.01. The SMILES string of the molecule is CCCN1C(=O)NCC12Cc1ccccc1C2. The molecule has 3 heteroatoms. The smallest absolute Gasteiger partial charge is 0.318 e. The molecule has 0 aromatic heterocycles. The normalized spacial score (nSPS) is 20.8. The van der Waals surface area contributed by atoms with Crippen molar-refractivity contribution in [3.63, 3.8) is 0 Å². The Morgan fingerprint density at radius 1 is 1.29 bits per heavy atom. The van der Waals surface area contributed by atoms with Crippen molar-refractivity contribution in [2.45, 2.75) is 31.7 Å². The Balaban J connectivity index is 1.92. The van der Waals surface area contributed by atoms with E-state index in [1.807, 2.05) is 4.90 Å². The minimum atomic E-state index is 0.0107. The van der Waals surface area contributed by atoms with E-state index in [1.54, 1.807) is 0 Å². The molecule has 17 heavy (non-hydrogen) atoms. The molecular formula is C14H18N2O. The molecule has 0 atom stereocenters. The highest BCUT2D eigenvalue weighted by Gasteiger charge is 2.48. The second-order valence-electron chi connectivity index (χ2n) is 5.16. The molecule has 1 saturated heterocycles. The van der Waals surface area contributed by atoms with Crippen molar-refractivity contribution >= 4 is 6.03 Å². The fourth-order valence-electron chi connectivity index (χ4n) is 3.20. The van der Waals surface area contributed by atoms with Crippen LogP contribution in [0.2, 0.25) is 0 Å². The van der Waals surface area contributed by atoms with Gasteiger partial charge in [0.1, 0.15) is 0 Å². The number of hydrogen-bond acceptors (Lipinski definition) is 1. The summed E-state index contributed by atoms with van der Waals surface area (Å²) in [6, 6.07) is 8.67. The Labute approximate surface area is 102 Å². The Bertz CT molecular complexity index is 430. The number of carbonyl (C=O) groups excluding carboxylic acids is 1. The van der Waals surface area contributed by atoms with Gasteiger partial charge in [-0.05, 0) is 30.4 Å². The predicted molar refractivity (Wildman–Crippen MR) is 67.0 cm³/mol. The average Bonchev–Trinajstić information content (AvgIpc) is 2.84. The van der Waals surface area contributed by atoms with Crippen LogP contribution in [0.4, 0.5) is 4.79 Å². The third kappa shape index (κ3) is 1.53. The molecule has 90 valence electrons. The van der Waals surface area contributed by atoms with E-state index in [-0.39, 0.29) is 11.6 Å². The summed E-state index contributed by atoms with van der Waals surface area (Å²) >= 11 is 0. The number of rotatable bonds is 2. The van der Waals surface area contributed by atoms with Gasteiger partial charge in [0.25, 0.3) is 0 Å². The molecule has 3 rings (SSSR count). The molecule has 1 aliphatic carbocycles. The molecule has 2 amide bonds. The van der Waals surface area contributed by atoms with Gasteiger partial charge in [0.15, 0.2) is 0 Å². The maximum absolute atomic E-state index is 11.9. The van der Waals surface area contributed by atoms with Crippen molar-refractivity contribution < 1.29 is 4.79 Å². The molecule has 0 unspecified atom stereocenters. The number of fused-ring (bicyclic) bond motifs is 1. The van der Waals surface area contributed by atoms with Gasteiger partial charge < -0.3 is 10.2 Å². The molecular weight excluding hydrogens is 212 g/mol. The van der Waals surface area contributed by atoms with Crippen LogP contribution in [0.1, 0.15) is 24.5 Å². The van der Waals surface area contributed by atoms with Crippen LogP contribution in [0.5, 0.6) is 0 Å². The summed E-state index contributed by atoms with van der Waals surface area (Å²) in [7, 11) is 0. The van der Waals surface area contributed by atoms with Crippen LogP contribution >= 0.6 is 0 Å². The van der Waals surface area contributed by atoms with Gasteiger partial charge >= 0.3 is 6.03 Å². The zero-order valence-electron chi connectivity index (χ0n) is 10.2. The third-order valence-electron chi connectivity index (χ3n) is 3.99. The highest BCUT2D eigenvalue weighted by Crippen LogP contribution is 2.36. The van der Waals surface area contributed by atoms with Gasteiger partial charge in [-0.1, -0.05) is 31.2 Å². The number of nitrogens with one attached hydrogen (secondary N) is 1. The van der Waals surface area contributed by atoms with Gasteiger partial charge in [-0.25, -0.2) is 4.79 Å². The Morgan fingerprint density at radius 2 is 1.94 bits per heavy atom. The van der Waals surface area contributed by atoms with E-state index in [0.717, 1.165) is 32.4 Å². The zero-order valence-corrected chi connectivity index (χ0v) is 10.2. The lowest BCUT2D eigenvalue weighted by atomic mass is 9.95. The molecule has 1 heterocycles. The van der Waals surface area contributed by atoms with Crippen LogP contribution in [-0.4, -0.2) is 29.6 Å². The number of urea groups is 1. The van der Waals surface area contributed by atoms with Gasteiger partial charge in [-0.15, -0.1) is 0 Å². The molecule has 1 fully saturated rings. The number of hydrogen-bond donors (Lipinski definition) is 1. The van der Waals surface area contributed by atoms with E-state index >= 15 is 0 Å². The molecule has 3 nitrogen and oxygen atoms in total. The molecule has 0 radical (unpaired) electrons. The largest absolute Gasteiger partial charge is 0.336 e. The van der Waals surface area contributed by atoms with Crippen LogP contribution in [0.15, 0.2) is 24.3 Å². The minimum absolute atomic E-state index is 0.0107. The maximum atomic E-state index is 11.9. The van der Waals surface area contributed by atoms with Crippen molar-refractivity contribution in [3.8, 4) is 0 Å². The summed E-state index contributed by atoms with van der Waals surface area (Å²) in [4.78, 5) is 13.9. The van der Waals surface area contributed by atoms with E-state index in [1.165, 1.54) is 11.1 Å². The number of benzene rings is 1. The maximum Gasteiger partial charge on any atom is 0.318 e. The lowest BCUT2D eigenvalue weighted by Crippen LogP contribution is -2.48. The van der Waals surface area contributed by atoms with Gasteiger partial charge in [-0.2, -0.15) is 0 Å². The monoisotopic (exact) mass is 230 g/mol. The first-order valence-corrected chi connectivity index (χ1v) is 6.37. The molecule has 1 aromatic rings. The summed E-state index contributed by atoms with van der Waals surface area (Å²) in [6.07, 6.45) is 3.02. The van der Waals surface area contributed by atoms with Crippen LogP contribution in [0.3, 0.4) is 0 Å². The Hall–Kier alpha value is -1.51. The van der Waals surface area contributed by atoms with Crippen molar-refractivity contribution in [1.29, 1.82) is 0 Å². The van der Waals surface area contributed by atoms with E-state index < -0.39 is 0 Å².